The van der Waals surface area contributed by atoms with Crippen LogP contribution in [0.15, 0.2) is 0 Å². The Hall–Kier alpha value is -0.260. The second kappa shape index (κ2) is 2.17. The van der Waals surface area contributed by atoms with Gasteiger partial charge in [0.05, 0.1) is 0 Å². The third kappa shape index (κ3) is 7.74. The van der Waals surface area contributed by atoms with Gasteiger partial charge in [0.25, 0.3) is 5.92 Å². The van der Waals surface area contributed by atoms with E-state index >= 15 is 0 Å². The lowest BCUT2D eigenvalue weighted by Crippen LogP contribution is -2.20. The molecule has 6 heteroatoms. The van der Waals surface area contributed by atoms with Gasteiger partial charge >= 0.3 is 10.2 Å². The molecule has 0 saturated heterocycles. The molecule has 0 radical (unpaired) electrons. The van der Waals surface area contributed by atoms with Gasteiger partial charge in [0.2, 0.25) is 0 Å². The summed E-state index contributed by atoms with van der Waals surface area (Å²) in [6.45, 7) is 0.337. The van der Waals surface area contributed by atoms with Crippen molar-refractivity contribution in [2.75, 3.05) is 5.75 Å². The number of rotatable bonds is 2. The van der Waals surface area contributed by atoms with Crippen LogP contribution in [0.4, 0.5) is 12.7 Å². The highest BCUT2D eigenvalue weighted by Crippen LogP contribution is 2.14. The van der Waals surface area contributed by atoms with Crippen LogP contribution in [-0.4, -0.2) is 20.1 Å². The van der Waals surface area contributed by atoms with Crippen LogP contribution in [0.3, 0.4) is 0 Å². The molecule has 0 heterocycles. The molecule has 0 N–H and O–H groups in total. The van der Waals surface area contributed by atoms with Crippen molar-refractivity contribution in [1.29, 1.82) is 0 Å². The van der Waals surface area contributed by atoms with Crippen LogP contribution in [0.1, 0.15) is 6.92 Å². The van der Waals surface area contributed by atoms with Gasteiger partial charge in [0.15, 0.2) is 0 Å². The Labute approximate surface area is 50.9 Å². The minimum absolute atomic E-state index is 0.337. The Morgan fingerprint density at radius 2 is 1.78 bits per heavy atom. The highest BCUT2D eigenvalue weighted by atomic mass is 32.3. The summed E-state index contributed by atoms with van der Waals surface area (Å²) in [6.07, 6.45) is 0. The first kappa shape index (κ1) is 8.74. The lowest BCUT2D eigenvalue weighted by atomic mass is 10.5. The van der Waals surface area contributed by atoms with Gasteiger partial charge in [-0.05, 0) is 0 Å². The molecule has 0 spiro atoms. The molecule has 9 heavy (non-hydrogen) atoms. The predicted molar refractivity (Wildman–Crippen MR) is 25.5 cm³/mol. The monoisotopic (exact) mass is 162 g/mol. The van der Waals surface area contributed by atoms with E-state index in [4.69, 9.17) is 0 Å². The van der Waals surface area contributed by atoms with E-state index in [2.05, 4.69) is 0 Å². The van der Waals surface area contributed by atoms with Gasteiger partial charge in [-0.15, -0.1) is 3.89 Å². The Bertz CT molecular complexity index is 178. The highest BCUT2D eigenvalue weighted by Gasteiger charge is 2.29. The molecule has 0 fully saturated rings. The first-order valence-corrected chi connectivity index (χ1v) is 3.56. The molecule has 0 aliphatic heterocycles. The van der Waals surface area contributed by atoms with E-state index in [0.29, 0.717) is 6.92 Å². The zero-order chi connectivity index (χ0) is 7.71. The van der Waals surface area contributed by atoms with E-state index in [0.717, 1.165) is 0 Å². The van der Waals surface area contributed by atoms with Crippen molar-refractivity contribution >= 4 is 10.2 Å². The summed E-state index contributed by atoms with van der Waals surface area (Å²) in [6, 6.07) is 0. The van der Waals surface area contributed by atoms with Crippen molar-refractivity contribution in [3.05, 3.63) is 0 Å². The van der Waals surface area contributed by atoms with Gasteiger partial charge in [0, 0.05) is 6.92 Å². The first-order chi connectivity index (χ1) is 3.71. The van der Waals surface area contributed by atoms with E-state index in [-0.39, 0.29) is 0 Å². The van der Waals surface area contributed by atoms with Crippen LogP contribution >= 0.6 is 0 Å². The SMILES string of the molecule is CC(F)(F)CS(=O)(=O)F. The molecular formula is C3H5F3O2S. The van der Waals surface area contributed by atoms with Crippen LogP contribution in [-0.2, 0) is 10.2 Å². The molecule has 0 aliphatic carbocycles. The molecule has 0 aromatic carbocycles. The second-order valence-electron chi connectivity index (χ2n) is 1.75. The number of halogens is 3. The smallest absolute Gasteiger partial charge is 0.206 e. The van der Waals surface area contributed by atoms with Crippen LogP contribution in [0.25, 0.3) is 0 Å². The zero-order valence-corrected chi connectivity index (χ0v) is 5.38. The Morgan fingerprint density at radius 1 is 1.44 bits per heavy atom. The summed E-state index contributed by atoms with van der Waals surface area (Å²) in [4.78, 5) is 0. The van der Waals surface area contributed by atoms with Gasteiger partial charge in [-0.25, -0.2) is 8.78 Å². The van der Waals surface area contributed by atoms with Crippen molar-refractivity contribution in [2.24, 2.45) is 0 Å². The molecule has 0 aromatic heterocycles. The molecule has 0 atom stereocenters. The van der Waals surface area contributed by atoms with E-state index in [1.54, 1.807) is 0 Å². The van der Waals surface area contributed by atoms with Crippen LogP contribution < -0.4 is 0 Å². The maximum absolute atomic E-state index is 11.6. The topological polar surface area (TPSA) is 34.1 Å². The van der Waals surface area contributed by atoms with Crippen molar-refractivity contribution in [3.63, 3.8) is 0 Å². The third-order valence-electron chi connectivity index (χ3n) is 0.426. The number of hydrogen-bond acceptors (Lipinski definition) is 2. The molecule has 0 aliphatic rings. The summed E-state index contributed by atoms with van der Waals surface area (Å²) in [5.41, 5.74) is 0. The Balaban J connectivity index is 4.07. The zero-order valence-electron chi connectivity index (χ0n) is 4.57. The van der Waals surface area contributed by atoms with Crippen molar-refractivity contribution in [1.82, 2.24) is 0 Å². The number of alkyl halides is 2. The predicted octanol–water partition coefficient (Wildman–Crippen LogP) is 0.941. The van der Waals surface area contributed by atoms with Crippen LogP contribution in [0.5, 0.6) is 0 Å². The Morgan fingerprint density at radius 3 is 1.78 bits per heavy atom. The first-order valence-electron chi connectivity index (χ1n) is 2.01. The molecule has 0 rings (SSSR count). The van der Waals surface area contributed by atoms with Gasteiger partial charge in [-0.2, -0.15) is 8.42 Å². The lowest BCUT2D eigenvalue weighted by molar-refractivity contribution is 0.0465. The van der Waals surface area contributed by atoms with E-state index in [1.165, 1.54) is 0 Å². The summed E-state index contributed by atoms with van der Waals surface area (Å²) in [5, 5.41) is 0. The third-order valence-corrected chi connectivity index (χ3v) is 1.28. The summed E-state index contributed by atoms with van der Waals surface area (Å²) in [5.74, 6) is -5.21. The normalized spacial score (nSPS) is 13.8. The van der Waals surface area contributed by atoms with Crippen molar-refractivity contribution in [2.45, 2.75) is 12.8 Å². The average Bonchev–Trinajstić information content (AvgIpc) is 1.14. The van der Waals surface area contributed by atoms with Gasteiger partial charge in [-0.3, -0.25) is 0 Å². The Kier molecular flexibility index (Phi) is 2.10. The molecule has 0 amide bonds. The van der Waals surface area contributed by atoms with Gasteiger partial charge < -0.3 is 0 Å². The molecule has 0 aromatic rings. The minimum Gasteiger partial charge on any atom is -0.206 e. The largest absolute Gasteiger partial charge is 0.308 e. The molecule has 0 unspecified atom stereocenters. The average molecular weight is 162 g/mol. The van der Waals surface area contributed by atoms with Crippen LogP contribution in [0.2, 0.25) is 0 Å². The van der Waals surface area contributed by atoms with E-state index in [9.17, 15) is 21.1 Å². The second-order valence-corrected chi connectivity index (χ2v) is 3.12. The molecule has 56 valence electrons. The summed E-state index contributed by atoms with van der Waals surface area (Å²) >= 11 is 0. The standard InChI is InChI=1S/C3H5F3O2S/c1-3(4,5)2-9(6,7)8/h2H2,1H3. The molecule has 2 nitrogen and oxygen atoms in total. The van der Waals surface area contributed by atoms with Crippen molar-refractivity contribution in [3.8, 4) is 0 Å². The van der Waals surface area contributed by atoms with E-state index in [1.807, 2.05) is 0 Å². The van der Waals surface area contributed by atoms with E-state index < -0.39 is 21.9 Å². The maximum Gasteiger partial charge on any atom is 0.308 e. The number of hydrogen-bond donors (Lipinski definition) is 0. The summed E-state index contributed by atoms with van der Waals surface area (Å²) in [7, 11) is -5.03. The quantitative estimate of drug-likeness (QED) is 0.566. The van der Waals surface area contributed by atoms with Gasteiger partial charge in [-0.1, -0.05) is 0 Å². The fraction of sp³-hybridized carbons (Fsp3) is 1.00. The maximum atomic E-state index is 11.6. The minimum atomic E-state index is -5.03. The fourth-order valence-corrected chi connectivity index (χ4v) is 0.908. The fourth-order valence-electron chi connectivity index (χ4n) is 0.303. The molecular weight excluding hydrogens is 157 g/mol. The molecule has 0 bridgehead atoms. The van der Waals surface area contributed by atoms with Crippen molar-refractivity contribution < 1.29 is 21.1 Å². The molecule has 0 saturated carbocycles. The summed E-state index contributed by atoms with van der Waals surface area (Å²) < 4.78 is 53.6. The highest BCUT2D eigenvalue weighted by molar-refractivity contribution is 7.86. The van der Waals surface area contributed by atoms with Gasteiger partial charge in [0.1, 0.15) is 5.75 Å². The van der Waals surface area contributed by atoms with Crippen LogP contribution in [0, 0.1) is 0 Å². The lowest BCUT2D eigenvalue weighted by Gasteiger charge is -2.03.